The Morgan fingerprint density at radius 3 is 2.06 bits per heavy atom. The fraction of sp³-hybridized carbons (Fsp3) is 1.00. The molecule has 0 amide bonds. The molecule has 18 heavy (non-hydrogen) atoms. The quantitative estimate of drug-likeness (QED) is 0.566. The summed E-state index contributed by atoms with van der Waals surface area (Å²) in [4.78, 5) is 0. The van der Waals surface area contributed by atoms with Gasteiger partial charge in [0.2, 0.25) is 0 Å². The van der Waals surface area contributed by atoms with Crippen LogP contribution in [0.5, 0.6) is 0 Å². The number of hydrogen-bond donors (Lipinski definition) is 2. The van der Waals surface area contributed by atoms with E-state index in [4.69, 9.17) is 15.2 Å². The van der Waals surface area contributed by atoms with Crippen LogP contribution in [0.2, 0.25) is 0 Å². The Morgan fingerprint density at radius 1 is 1.17 bits per heavy atom. The second-order valence-corrected chi connectivity index (χ2v) is 5.78. The molecule has 108 valence electrons. The summed E-state index contributed by atoms with van der Waals surface area (Å²) in [6.07, 6.45) is 6.89. The molecule has 1 saturated carbocycles. The first kappa shape index (κ1) is 15.9. The molecule has 4 nitrogen and oxygen atoms in total. The minimum atomic E-state index is -0.844. The number of aliphatic hydroxyl groups is 1. The van der Waals surface area contributed by atoms with Gasteiger partial charge in [-0.2, -0.15) is 0 Å². The smallest absolute Gasteiger partial charge is 0.159 e. The molecule has 1 aliphatic rings. The van der Waals surface area contributed by atoms with Crippen LogP contribution in [0.3, 0.4) is 0 Å². The van der Waals surface area contributed by atoms with E-state index < -0.39 is 5.60 Å². The number of hydrogen-bond acceptors (Lipinski definition) is 4. The van der Waals surface area contributed by atoms with Gasteiger partial charge in [0.25, 0.3) is 0 Å². The molecule has 0 radical (unpaired) electrons. The minimum Gasteiger partial charge on any atom is -0.389 e. The highest BCUT2D eigenvalue weighted by molar-refractivity contribution is 4.98. The highest BCUT2D eigenvalue weighted by atomic mass is 16.7. The average molecular weight is 259 g/mol. The van der Waals surface area contributed by atoms with Gasteiger partial charge >= 0.3 is 0 Å². The monoisotopic (exact) mass is 259 g/mol. The van der Waals surface area contributed by atoms with Crippen molar-refractivity contribution in [3.8, 4) is 0 Å². The number of methoxy groups -OCH3 is 2. The summed E-state index contributed by atoms with van der Waals surface area (Å²) < 4.78 is 10.4. The van der Waals surface area contributed by atoms with Crippen LogP contribution in [0.15, 0.2) is 0 Å². The van der Waals surface area contributed by atoms with E-state index in [1.54, 1.807) is 14.2 Å². The predicted molar refractivity (Wildman–Crippen MR) is 72.2 cm³/mol. The van der Waals surface area contributed by atoms with Crippen LogP contribution in [0, 0.1) is 5.41 Å². The maximum absolute atomic E-state index is 10.9. The normalized spacial score (nSPS) is 23.7. The maximum atomic E-state index is 10.9. The van der Waals surface area contributed by atoms with Gasteiger partial charge < -0.3 is 20.3 Å². The van der Waals surface area contributed by atoms with Gasteiger partial charge in [0, 0.05) is 32.6 Å². The third-order valence-corrected chi connectivity index (χ3v) is 4.68. The van der Waals surface area contributed by atoms with Crippen LogP contribution in [-0.2, 0) is 9.47 Å². The number of ether oxygens (including phenoxy) is 2. The van der Waals surface area contributed by atoms with Crippen LogP contribution in [0.1, 0.15) is 51.9 Å². The molecule has 0 aromatic heterocycles. The first-order valence-corrected chi connectivity index (χ1v) is 6.99. The van der Waals surface area contributed by atoms with E-state index in [2.05, 4.69) is 0 Å². The van der Waals surface area contributed by atoms with Gasteiger partial charge in [0.05, 0.1) is 5.60 Å². The van der Waals surface area contributed by atoms with Crippen LogP contribution in [0.4, 0.5) is 0 Å². The molecule has 3 N–H and O–H groups in total. The van der Waals surface area contributed by atoms with E-state index >= 15 is 0 Å². The number of rotatable bonds is 6. The highest BCUT2D eigenvalue weighted by Gasteiger charge is 2.46. The van der Waals surface area contributed by atoms with Crippen molar-refractivity contribution in [2.45, 2.75) is 63.8 Å². The zero-order valence-electron chi connectivity index (χ0n) is 12.1. The van der Waals surface area contributed by atoms with Gasteiger partial charge in [-0.15, -0.1) is 0 Å². The predicted octanol–water partition coefficient (Wildman–Crippen LogP) is 2.05. The maximum Gasteiger partial charge on any atom is 0.159 e. The lowest BCUT2D eigenvalue weighted by Crippen LogP contribution is -2.52. The lowest BCUT2D eigenvalue weighted by Gasteiger charge is -2.45. The minimum absolute atomic E-state index is 0.196. The van der Waals surface area contributed by atoms with Crippen molar-refractivity contribution in [3.05, 3.63) is 0 Å². The van der Waals surface area contributed by atoms with Gasteiger partial charge in [-0.1, -0.05) is 25.7 Å². The summed E-state index contributed by atoms with van der Waals surface area (Å²) in [5.41, 5.74) is 4.97. The molecule has 1 unspecified atom stereocenters. The lowest BCUT2D eigenvalue weighted by molar-refractivity contribution is -0.172. The molecule has 1 fully saturated rings. The topological polar surface area (TPSA) is 64.7 Å². The number of nitrogens with two attached hydrogens (primary N) is 1. The Bertz CT molecular complexity index is 231. The molecule has 0 bridgehead atoms. The first-order valence-electron chi connectivity index (χ1n) is 6.99. The van der Waals surface area contributed by atoms with E-state index in [0.29, 0.717) is 13.0 Å². The van der Waals surface area contributed by atoms with Crippen molar-refractivity contribution >= 4 is 0 Å². The van der Waals surface area contributed by atoms with E-state index in [0.717, 1.165) is 25.7 Å². The van der Waals surface area contributed by atoms with Crippen molar-refractivity contribution < 1.29 is 14.6 Å². The standard InChI is InChI=1S/C14H29NO3/c1-13(16,10-12(17-2)18-3)14(11-15)8-6-4-5-7-9-14/h12,16H,4-11,15H2,1-3H3. The molecule has 1 rings (SSSR count). The lowest BCUT2D eigenvalue weighted by atomic mass is 9.66. The molecule has 0 heterocycles. The molecule has 0 aromatic carbocycles. The Morgan fingerprint density at radius 2 is 1.67 bits per heavy atom. The fourth-order valence-corrected chi connectivity index (χ4v) is 3.17. The Kier molecular flexibility index (Phi) is 6.05. The van der Waals surface area contributed by atoms with Crippen molar-refractivity contribution in [1.82, 2.24) is 0 Å². The van der Waals surface area contributed by atoms with E-state index in [1.165, 1.54) is 12.8 Å². The van der Waals surface area contributed by atoms with Crippen LogP contribution < -0.4 is 5.73 Å². The van der Waals surface area contributed by atoms with Gasteiger partial charge in [-0.3, -0.25) is 0 Å². The zero-order chi connectivity index (χ0) is 13.6. The average Bonchev–Trinajstić information content (AvgIpc) is 2.62. The SMILES string of the molecule is COC(CC(C)(O)C1(CN)CCCCCC1)OC. The van der Waals surface area contributed by atoms with E-state index in [9.17, 15) is 5.11 Å². The Labute approximate surface area is 111 Å². The highest BCUT2D eigenvalue weighted by Crippen LogP contribution is 2.45. The largest absolute Gasteiger partial charge is 0.389 e. The molecule has 0 saturated heterocycles. The molecular formula is C14H29NO3. The molecule has 0 aliphatic heterocycles. The summed E-state index contributed by atoms with van der Waals surface area (Å²) in [6, 6.07) is 0. The summed E-state index contributed by atoms with van der Waals surface area (Å²) >= 11 is 0. The fourth-order valence-electron chi connectivity index (χ4n) is 3.17. The van der Waals surface area contributed by atoms with Crippen LogP contribution >= 0.6 is 0 Å². The Balaban J connectivity index is 2.82. The van der Waals surface area contributed by atoms with Gasteiger partial charge in [0.15, 0.2) is 6.29 Å². The van der Waals surface area contributed by atoms with Gasteiger partial charge in [-0.05, 0) is 19.8 Å². The molecule has 0 spiro atoms. The molecule has 0 aromatic rings. The molecular weight excluding hydrogens is 230 g/mol. The second kappa shape index (κ2) is 6.85. The molecule has 1 aliphatic carbocycles. The van der Waals surface area contributed by atoms with Crippen molar-refractivity contribution in [2.75, 3.05) is 20.8 Å². The summed E-state index contributed by atoms with van der Waals surface area (Å²) in [5.74, 6) is 0. The third-order valence-electron chi connectivity index (χ3n) is 4.68. The van der Waals surface area contributed by atoms with Gasteiger partial charge in [0.1, 0.15) is 0 Å². The van der Waals surface area contributed by atoms with Crippen molar-refractivity contribution in [1.29, 1.82) is 0 Å². The zero-order valence-corrected chi connectivity index (χ0v) is 12.1. The van der Waals surface area contributed by atoms with Crippen molar-refractivity contribution in [2.24, 2.45) is 11.1 Å². The second-order valence-electron chi connectivity index (χ2n) is 5.78. The Hall–Kier alpha value is -0.160. The van der Waals surface area contributed by atoms with Crippen LogP contribution in [0.25, 0.3) is 0 Å². The third kappa shape index (κ3) is 3.44. The van der Waals surface area contributed by atoms with E-state index in [1.807, 2.05) is 6.92 Å². The summed E-state index contributed by atoms with van der Waals surface area (Å²) in [7, 11) is 3.21. The first-order chi connectivity index (χ1) is 8.51. The summed E-state index contributed by atoms with van der Waals surface area (Å²) in [6.45, 7) is 2.41. The van der Waals surface area contributed by atoms with Crippen LogP contribution in [-0.4, -0.2) is 37.8 Å². The van der Waals surface area contributed by atoms with E-state index in [-0.39, 0.29) is 11.7 Å². The summed E-state index contributed by atoms with van der Waals surface area (Å²) in [5, 5.41) is 10.9. The molecule has 4 heteroatoms. The molecule has 1 atom stereocenters. The van der Waals surface area contributed by atoms with Crippen molar-refractivity contribution in [3.63, 3.8) is 0 Å². The van der Waals surface area contributed by atoms with Gasteiger partial charge in [-0.25, -0.2) is 0 Å².